The molecule has 23 heavy (non-hydrogen) atoms. The molecule has 2 saturated heterocycles. The van der Waals surface area contributed by atoms with Gasteiger partial charge in [-0.2, -0.15) is 0 Å². The highest BCUT2D eigenvalue weighted by atomic mass is 16.5. The summed E-state index contributed by atoms with van der Waals surface area (Å²) in [5.41, 5.74) is -1.26. The molecule has 1 amide bonds. The molecule has 1 aromatic carbocycles. The topological polar surface area (TPSA) is 76.1 Å². The fraction of sp³-hybridized carbons (Fsp3) is 0.529. The molecule has 6 nitrogen and oxygen atoms in total. The first-order valence-corrected chi connectivity index (χ1v) is 7.95. The third-order valence-corrected chi connectivity index (χ3v) is 4.61. The quantitative estimate of drug-likeness (QED) is 0.911. The van der Waals surface area contributed by atoms with E-state index in [2.05, 4.69) is 0 Å². The molecule has 1 N–H and O–H groups in total. The standard InChI is InChI=1S/C17H21NO5/c19-15(13-6-11-22-12-13)18-9-7-17(8-10-18,16(20)21)23-14-4-2-1-3-5-14/h1-5,13H,6-12H2,(H,20,21). The van der Waals surface area contributed by atoms with E-state index in [1.54, 1.807) is 17.0 Å². The predicted octanol–water partition coefficient (Wildman–Crippen LogP) is 1.55. The second kappa shape index (κ2) is 6.58. The molecule has 6 heteroatoms. The van der Waals surface area contributed by atoms with Crippen molar-refractivity contribution in [1.29, 1.82) is 0 Å². The van der Waals surface area contributed by atoms with Crippen molar-refractivity contribution in [3.63, 3.8) is 0 Å². The number of carboxylic acids is 1. The van der Waals surface area contributed by atoms with Crippen LogP contribution in [0.2, 0.25) is 0 Å². The first kappa shape index (κ1) is 15.8. The van der Waals surface area contributed by atoms with Gasteiger partial charge in [0.1, 0.15) is 5.75 Å². The van der Waals surface area contributed by atoms with Gasteiger partial charge in [-0.05, 0) is 18.6 Å². The van der Waals surface area contributed by atoms with E-state index in [9.17, 15) is 14.7 Å². The average Bonchev–Trinajstić information content (AvgIpc) is 3.10. The van der Waals surface area contributed by atoms with Gasteiger partial charge in [-0.3, -0.25) is 4.79 Å². The summed E-state index contributed by atoms with van der Waals surface area (Å²) in [6.45, 7) is 1.89. The smallest absolute Gasteiger partial charge is 0.348 e. The van der Waals surface area contributed by atoms with Crippen molar-refractivity contribution >= 4 is 11.9 Å². The summed E-state index contributed by atoms with van der Waals surface area (Å²) in [7, 11) is 0. The fourth-order valence-electron chi connectivity index (χ4n) is 3.15. The number of nitrogens with zero attached hydrogens (tertiary/aromatic N) is 1. The van der Waals surface area contributed by atoms with Gasteiger partial charge in [-0.15, -0.1) is 0 Å². The third kappa shape index (κ3) is 3.32. The molecule has 0 aliphatic carbocycles. The average molecular weight is 319 g/mol. The molecule has 1 aromatic rings. The SMILES string of the molecule is O=C(C1CCOC1)N1CCC(Oc2ccccc2)(C(=O)O)CC1. The van der Waals surface area contributed by atoms with Gasteiger partial charge in [0.25, 0.3) is 0 Å². The summed E-state index contributed by atoms with van der Waals surface area (Å²) >= 11 is 0. The van der Waals surface area contributed by atoms with Gasteiger partial charge in [0.05, 0.1) is 12.5 Å². The van der Waals surface area contributed by atoms with E-state index >= 15 is 0 Å². The number of piperidine rings is 1. The van der Waals surface area contributed by atoms with Gasteiger partial charge in [0.2, 0.25) is 11.5 Å². The zero-order valence-electron chi connectivity index (χ0n) is 12.9. The minimum Gasteiger partial charge on any atom is -0.478 e. The van der Waals surface area contributed by atoms with E-state index in [1.807, 2.05) is 18.2 Å². The normalized spacial score (nSPS) is 23.5. The number of benzene rings is 1. The number of para-hydroxylation sites is 1. The Balaban J connectivity index is 1.66. The first-order chi connectivity index (χ1) is 11.1. The number of likely N-dealkylation sites (tertiary alicyclic amines) is 1. The van der Waals surface area contributed by atoms with Gasteiger partial charge in [-0.25, -0.2) is 4.79 Å². The van der Waals surface area contributed by atoms with Crippen molar-refractivity contribution < 1.29 is 24.2 Å². The molecule has 0 bridgehead atoms. The summed E-state index contributed by atoms with van der Waals surface area (Å²) in [5, 5.41) is 9.64. The summed E-state index contributed by atoms with van der Waals surface area (Å²) < 4.78 is 11.1. The lowest BCUT2D eigenvalue weighted by Crippen LogP contribution is -2.55. The number of carbonyl (C=O) groups excluding carboxylic acids is 1. The molecular weight excluding hydrogens is 298 g/mol. The maximum Gasteiger partial charge on any atom is 0.348 e. The number of hydrogen-bond acceptors (Lipinski definition) is 4. The van der Waals surface area contributed by atoms with Crippen molar-refractivity contribution in [3.8, 4) is 5.75 Å². The largest absolute Gasteiger partial charge is 0.478 e. The van der Waals surface area contributed by atoms with E-state index in [0.717, 1.165) is 6.42 Å². The van der Waals surface area contributed by atoms with Gasteiger partial charge in [0.15, 0.2) is 0 Å². The summed E-state index contributed by atoms with van der Waals surface area (Å²) in [4.78, 5) is 25.9. The number of amides is 1. The molecular formula is C17H21NO5. The summed E-state index contributed by atoms with van der Waals surface area (Å²) in [6.07, 6.45) is 1.33. The van der Waals surface area contributed by atoms with Crippen LogP contribution >= 0.6 is 0 Å². The Morgan fingerprint density at radius 3 is 2.48 bits per heavy atom. The van der Waals surface area contributed by atoms with E-state index < -0.39 is 11.6 Å². The van der Waals surface area contributed by atoms with E-state index in [-0.39, 0.29) is 24.7 Å². The van der Waals surface area contributed by atoms with Crippen LogP contribution in [0.15, 0.2) is 30.3 Å². The minimum absolute atomic E-state index is 0.0706. The molecule has 1 atom stereocenters. The lowest BCUT2D eigenvalue weighted by atomic mass is 9.90. The van der Waals surface area contributed by atoms with Crippen molar-refractivity contribution in [3.05, 3.63) is 30.3 Å². The molecule has 3 rings (SSSR count). The van der Waals surface area contributed by atoms with Gasteiger partial charge in [-0.1, -0.05) is 18.2 Å². The van der Waals surface area contributed by atoms with Crippen LogP contribution in [0.1, 0.15) is 19.3 Å². The van der Waals surface area contributed by atoms with E-state index in [0.29, 0.717) is 32.1 Å². The van der Waals surface area contributed by atoms with Crippen molar-refractivity contribution in [2.45, 2.75) is 24.9 Å². The van der Waals surface area contributed by atoms with Crippen molar-refractivity contribution in [2.75, 3.05) is 26.3 Å². The molecule has 2 fully saturated rings. The van der Waals surface area contributed by atoms with Gasteiger partial charge in [0, 0.05) is 32.5 Å². The fourth-order valence-corrected chi connectivity index (χ4v) is 3.15. The van der Waals surface area contributed by atoms with Crippen LogP contribution in [0.4, 0.5) is 0 Å². The Hall–Kier alpha value is -2.08. The van der Waals surface area contributed by atoms with Crippen LogP contribution in [-0.4, -0.2) is 53.8 Å². The van der Waals surface area contributed by atoms with Crippen LogP contribution in [0.25, 0.3) is 0 Å². The maximum absolute atomic E-state index is 12.4. The number of carbonyl (C=O) groups is 2. The Labute approximate surface area is 135 Å². The molecule has 124 valence electrons. The second-order valence-corrected chi connectivity index (χ2v) is 6.10. The van der Waals surface area contributed by atoms with Gasteiger partial charge >= 0.3 is 5.97 Å². The Morgan fingerprint density at radius 2 is 1.91 bits per heavy atom. The summed E-state index contributed by atoms with van der Waals surface area (Å²) in [6, 6.07) is 8.97. The summed E-state index contributed by atoms with van der Waals surface area (Å²) in [5.74, 6) is -0.444. The third-order valence-electron chi connectivity index (χ3n) is 4.61. The molecule has 2 aliphatic rings. The lowest BCUT2D eigenvalue weighted by molar-refractivity contribution is -0.162. The van der Waals surface area contributed by atoms with Crippen molar-refractivity contribution in [1.82, 2.24) is 4.90 Å². The highest BCUT2D eigenvalue weighted by molar-refractivity contribution is 5.81. The number of rotatable bonds is 4. The molecule has 1 unspecified atom stereocenters. The number of carboxylic acid groups (broad SMARTS) is 1. The van der Waals surface area contributed by atoms with Crippen LogP contribution in [0.3, 0.4) is 0 Å². The molecule has 0 aromatic heterocycles. The van der Waals surface area contributed by atoms with Crippen LogP contribution in [-0.2, 0) is 14.3 Å². The van der Waals surface area contributed by atoms with E-state index in [1.165, 1.54) is 0 Å². The monoisotopic (exact) mass is 319 g/mol. The van der Waals surface area contributed by atoms with Crippen LogP contribution in [0, 0.1) is 5.92 Å². The highest BCUT2D eigenvalue weighted by Crippen LogP contribution is 2.30. The van der Waals surface area contributed by atoms with E-state index in [4.69, 9.17) is 9.47 Å². The lowest BCUT2D eigenvalue weighted by Gasteiger charge is -2.39. The molecule has 0 radical (unpaired) electrons. The Morgan fingerprint density at radius 1 is 1.22 bits per heavy atom. The predicted molar refractivity (Wildman–Crippen MR) is 82.2 cm³/mol. The zero-order valence-corrected chi connectivity index (χ0v) is 12.9. The highest BCUT2D eigenvalue weighted by Gasteiger charge is 2.45. The van der Waals surface area contributed by atoms with Crippen LogP contribution in [0.5, 0.6) is 5.75 Å². The molecule has 0 spiro atoms. The zero-order chi connectivity index (χ0) is 16.3. The first-order valence-electron chi connectivity index (χ1n) is 7.95. The van der Waals surface area contributed by atoms with Crippen LogP contribution < -0.4 is 4.74 Å². The maximum atomic E-state index is 12.4. The van der Waals surface area contributed by atoms with Crippen molar-refractivity contribution in [2.24, 2.45) is 5.92 Å². The Kier molecular flexibility index (Phi) is 4.52. The second-order valence-electron chi connectivity index (χ2n) is 6.10. The number of hydrogen-bond donors (Lipinski definition) is 1. The number of ether oxygens (including phenoxy) is 2. The minimum atomic E-state index is -1.26. The number of aliphatic carboxylic acids is 1. The molecule has 2 heterocycles. The Bertz CT molecular complexity index is 560. The molecule has 0 saturated carbocycles. The van der Waals surface area contributed by atoms with Gasteiger partial charge < -0.3 is 19.5 Å². The molecule has 2 aliphatic heterocycles.